The van der Waals surface area contributed by atoms with E-state index in [2.05, 4.69) is 11.9 Å². The van der Waals surface area contributed by atoms with Crippen molar-refractivity contribution >= 4 is 12.0 Å². The van der Waals surface area contributed by atoms with Crippen molar-refractivity contribution in [2.24, 2.45) is 0 Å². The van der Waals surface area contributed by atoms with Crippen LogP contribution < -0.4 is 10.1 Å². The van der Waals surface area contributed by atoms with Gasteiger partial charge in [0.1, 0.15) is 17.4 Å². The molecule has 0 aliphatic heterocycles. The molecule has 0 atom stereocenters. The maximum atomic E-state index is 11.6. The van der Waals surface area contributed by atoms with Gasteiger partial charge in [0.2, 0.25) is 0 Å². The van der Waals surface area contributed by atoms with Crippen LogP contribution in [0.15, 0.2) is 42.5 Å². The Morgan fingerprint density at radius 2 is 2.39 bits per heavy atom. The zero-order valence-corrected chi connectivity index (χ0v) is 10.1. The SMILES string of the molecule is C=CCNC(=O)/C(C#N)=C\c1cccc(OC)c1. The Bertz CT molecular complexity index is 513. The molecule has 18 heavy (non-hydrogen) atoms. The molecule has 0 saturated heterocycles. The Morgan fingerprint density at radius 3 is 3.00 bits per heavy atom. The molecule has 0 unspecified atom stereocenters. The number of rotatable bonds is 5. The first-order chi connectivity index (χ1) is 8.71. The number of methoxy groups -OCH3 is 1. The molecule has 0 bridgehead atoms. The molecular weight excluding hydrogens is 228 g/mol. The molecule has 0 heterocycles. The molecule has 0 radical (unpaired) electrons. The number of ether oxygens (including phenoxy) is 1. The van der Waals surface area contributed by atoms with E-state index in [1.54, 1.807) is 37.5 Å². The molecule has 1 aromatic carbocycles. The largest absolute Gasteiger partial charge is 0.497 e. The van der Waals surface area contributed by atoms with Crippen molar-refractivity contribution in [1.29, 1.82) is 5.26 Å². The van der Waals surface area contributed by atoms with E-state index in [1.807, 2.05) is 6.07 Å². The van der Waals surface area contributed by atoms with E-state index < -0.39 is 5.91 Å². The van der Waals surface area contributed by atoms with Gasteiger partial charge in [0, 0.05) is 6.54 Å². The van der Waals surface area contributed by atoms with Crippen LogP contribution in [-0.2, 0) is 4.79 Å². The highest BCUT2D eigenvalue weighted by atomic mass is 16.5. The fourth-order valence-electron chi connectivity index (χ4n) is 1.31. The van der Waals surface area contributed by atoms with Crippen LogP contribution in [0.2, 0.25) is 0 Å². The molecule has 1 rings (SSSR count). The van der Waals surface area contributed by atoms with E-state index in [9.17, 15) is 4.79 Å². The number of hydrogen-bond donors (Lipinski definition) is 1. The van der Waals surface area contributed by atoms with Crippen molar-refractivity contribution in [1.82, 2.24) is 5.32 Å². The Hall–Kier alpha value is -2.54. The molecule has 1 amide bonds. The zero-order valence-electron chi connectivity index (χ0n) is 10.1. The molecule has 0 aliphatic carbocycles. The summed E-state index contributed by atoms with van der Waals surface area (Å²) in [7, 11) is 1.56. The van der Waals surface area contributed by atoms with Gasteiger partial charge < -0.3 is 10.1 Å². The lowest BCUT2D eigenvalue weighted by molar-refractivity contribution is -0.116. The second kappa shape index (κ2) is 6.92. The fraction of sp³-hybridized carbons (Fsp3) is 0.143. The number of hydrogen-bond acceptors (Lipinski definition) is 3. The van der Waals surface area contributed by atoms with E-state index in [1.165, 1.54) is 6.08 Å². The van der Waals surface area contributed by atoms with Gasteiger partial charge in [-0.2, -0.15) is 5.26 Å². The van der Waals surface area contributed by atoms with Gasteiger partial charge in [-0.05, 0) is 23.8 Å². The number of benzene rings is 1. The Morgan fingerprint density at radius 1 is 1.61 bits per heavy atom. The standard InChI is InChI=1S/C14H14N2O2/c1-3-7-16-14(17)12(10-15)8-11-5-4-6-13(9-11)18-2/h3-6,8-9H,1,7H2,2H3,(H,16,17)/b12-8-. The van der Waals surface area contributed by atoms with E-state index in [0.717, 1.165) is 5.56 Å². The van der Waals surface area contributed by atoms with Crippen LogP contribution in [0.3, 0.4) is 0 Å². The minimum atomic E-state index is -0.416. The molecule has 4 heteroatoms. The number of carbonyl (C=O) groups excluding carboxylic acids is 1. The highest BCUT2D eigenvalue weighted by molar-refractivity contribution is 6.01. The summed E-state index contributed by atoms with van der Waals surface area (Å²) < 4.78 is 5.07. The van der Waals surface area contributed by atoms with Crippen LogP contribution in [0, 0.1) is 11.3 Å². The maximum Gasteiger partial charge on any atom is 0.262 e. The molecule has 1 N–H and O–H groups in total. The quantitative estimate of drug-likeness (QED) is 0.487. The molecule has 92 valence electrons. The van der Waals surface area contributed by atoms with Crippen LogP contribution in [-0.4, -0.2) is 19.6 Å². The van der Waals surface area contributed by atoms with Crippen molar-refractivity contribution in [3.8, 4) is 11.8 Å². The summed E-state index contributed by atoms with van der Waals surface area (Å²) in [5.74, 6) is 0.257. The Kier molecular flexibility index (Phi) is 5.20. The van der Waals surface area contributed by atoms with E-state index in [0.29, 0.717) is 12.3 Å². The summed E-state index contributed by atoms with van der Waals surface area (Å²) >= 11 is 0. The molecule has 0 aliphatic rings. The van der Waals surface area contributed by atoms with E-state index >= 15 is 0 Å². The number of amides is 1. The molecule has 0 spiro atoms. The van der Waals surface area contributed by atoms with Gasteiger partial charge in [0.05, 0.1) is 7.11 Å². The van der Waals surface area contributed by atoms with E-state index in [4.69, 9.17) is 10.00 Å². The predicted molar refractivity (Wildman–Crippen MR) is 69.8 cm³/mol. The van der Waals surface area contributed by atoms with Gasteiger partial charge in [-0.3, -0.25) is 4.79 Å². The highest BCUT2D eigenvalue weighted by Gasteiger charge is 2.07. The molecule has 4 nitrogen and oxygen atoms in total. The zero-order chi connectivity index (χ0) is 13.4. The minimum absolute atomic E-state index is 0.0464. The summed E-state index contributed by atoms with van der Waals surface area (Å²) in [6, 6.07) is 9.00. The predicted octanol–water partition coefficient (Wildman–Crippen LogP) is 1.90. The summed E-state index contributed by atoms with van der Waals surface area (Å²) in [6.45, 7) is 3.82. The summed E-state index contributed by atoms with van der Waals surface area (Å²) in [5.41, 5.74) is 0.782. The Labute approximate surface area is 106 Å². The molecule has 0 fully saturated rings. The van der Waals surface area contributed by atoms with Crippen molar-refractivity contribution in [2.45, 2.75) is 0 Å². The molecular formula is C14H14N2O2. The number of carbonyl (C=O) groups is 1. The number of nitriles is 1. The third-order valence-electron chi connectivity index (χ3n) is 2.18. The normalized spacial score (nSPS) is 10.3. The first-order valence-corrected chi connectivity index (χ1v) is 5.36. The van der Waals surface area contributed by atoms with Gasteiger partial charge >= 0.3 is 0 Å². The lowest BCUT2D eigenvalue weighted by atomic mass is 10.1. The average Bonchev–Trinajstić information content (AvgIpc) is 2.42. The third-order valence-corrected chi connectivity index (χ3v) is 2.18. The fourth-order valence-corrected chi connectivity index (χ4v) is 1.31. The summed E-state index contributed by atoms with van der Waals surface area (Å²) in [5, 5.41) is 11.5. The van der Waals surface area contributed by atoms with E-state index in [-0.39, 0.29) is 5.57 Å². The molecule has 1 aromatic rings. The van der Waals surface area contributed by atoms with Crippen LogP contribution in [0.4, 0.5) is 0 Å². The second-order valence-corrected chi connectivity index (χ2v) is 3.45. The van der Waals surface area contributed by atoms with Crippen LogP contribution in [0.1, 0.15) is 5.56 Å². The second-order valence-electron chi connectivity index (χ2n) is 3.45. The first kappa shape index (κ1) is 13.5. The van der Waals surface area contributed by atoms with Gasteiger partial charge in [-0.25, -0.2) is 0 Å². The Balaban J connectivity index is 2.93. The monoisotopic (exact) mass is 242 g/mol. The first-order valence-electron chi connectivity index (χ1n) is 5.36. The van der Waals surface area contributed by atoms with Crippen LogP contribution >= 0.6 is 0 Å². The van der Waals surface area contributed by atoms with Crippen LogP contribution in [0.5, 0.6) is 5.75 Å². The van der Waals surface area contributed by atoms with Crippen molar-refractivity contribution in [3.63, 3.8) is 0 Å². The van der Waals surface area contributed by atoms with Gasteiger partial charge in [0.15, 0.2) is 0 Å². The summed E-state index contributed by atoms with van der Waals surface area (Å²) in [6.07, 6.45) is 3.07. The average molecular weight is 242 g/mol. The van der Waals surface area contributed by atoms with Gasteiger partial charge in [-0.1, -0.05) is 18.2 Å². The lowest BCUT2D eigenvalue weighted by Gasteiger charge is -2.02. The molecule has 0 aromatic heterocycles. The highest BCUT2D eigenvalue weighted by Crippen LogP contribution is 2.15. The van der Waals surface area contributed by atoms with Gasteiger partial charge in [0.25, 0.3) is 5.91 Å². The van der Waals surface area contributed by atoms with Crippen molar-refractivity contribution in [3.05, 3.63) is 48.1 Å². The minimum Gasteiger partial charge on any atom is -0.497 e. The number of nitrogens with zero attached hydrogens (tertiary/aromatic N) is 1. The topological polar surface area (TPSA) is 62.1 Å². The van der Waals surface area contributed by atoms with Crippen molar-refractivity contribution < 1.29 is 9.53 Å². The molecule has 0 saturated carbocycles. The smallest absolute Gasteiger partial charge is 0.262 e. The van der Waals surface area contributed by atoms with Gasteiger partial charge in [-0.15, -0.1) is 6.58 Å². The lowest BCUT2D eigenvalue weighted by Crippen LogP contribution is -2.24. The van der Waals surface area contributed by atoms with Crippen LogP contribution in [0.25, 0.3) is 6.08 Å². The number of nitrogens with one attached hydrogen (secondary N) is 1. The third kappa shape index (κ3) is 3.80. The van der Waals surface area contributed by atoms with Crippen molar-refractivity contribution in [2.75, 3.05) is 13.7 Å². The maximum absolute atomic E-state index is 11.6. The summed E-state index contributed by atoms with van der Waals surface area (Å²) in [4.78, 5) is 11.6.